The summed E-state index contributed by atoms with van der Waals surface area (Å²) in [5.41, 5.74) is 12.0. The summed E-state index contributed by atoms with van der Waals surface area (Å²) in [6.45, 7) is 0. The van der Waals surface area contributed by atoms with Crippen LogP contribution in [0.25, 0.3) is 130 Å². The molecule has 274 valence electrons. The summed E-state index contributed by atoms with van der Waals surface area (Å²) in [6, 6.07) is 70.0. The second-order valence-corrected chi connectivity index (χ2v) is 16.5. The lowest BCUT2D eigenvalue weighted by Crippen LogP contribution is -1.91. The van der Waals surface area contributed by atoms with Crippen LogP contribution in [0.5, 0.6) is 0 Å². The molecule has 0 N–H and O–H groups in total. The lowest BCUT2D eigenvalue weighted by Gasteiger charge is -2.18. The molecule has 13 rings (SSSR count). The van der Waals surface area contributed by atoms with E-state index in [-0.39, 0.29) is 0 Å². The monoisotopic (exact) mass is 768 g/mol. The van der Waals surface area contributed by atoms with Crippen LogP contribution in [-0.4, -0.2) is 0 Å². The van der Waals surface area contributed by atoms with Crippen molar-refractivity contribution in [2.24, 2.45) is 0 Å². The minimum atomic E-state index is 0.890. The van der Waals surface area contributed by atoms with Gasteiger partial charge in [0.1, 0.15) is 22.3 Å². The molecule has 0 saturated carbocycles. The predicted molar refractivity (Wildman–Crippen MR) is 251 cm³/mol. The van der Waals surface area contributed by atoms with E-state index in [9.17, 15) is 0 Å². The maximum Gasteiger partial charge on any atom is 0.143 e. The van der Waals surface area contributed by atoms with Crippen LogP contribution in [0.15, 0.2) is 203 Å². The van der Waals surface area contributed by atoms with Gasteiger partial charge in [-0.15, -0.1) is 11.3 Å². The van der Waals surface area contributed by atoms with Gasteiger partial charge >= 0.3 is 0 Å². The van der Waals surface area contributed by atoms with Crippen LogP contribution in [0.1, 0.15) is 0 Å². The molecule has 10 aromatic carbocycles. The third-order valence-corrected chi connectivity index (χ3v) is 13.5. The van der Waals surface area contributed by atoms with Gasteiger partial charge in [-0.25, -0.2) is 0 Å². The van der Waals surface area contributed by atoms with E-state index in [1.54, 1.807) is 0 Å². The number of fused-ring (bicyclic) bond motifs is 12. The van der Waals surface area contributed by atoms with E-state index in [0.29, 0.717) is 0 Å². The first-order chi connectivity index (χ1) is 29.3. The average Bonchev–Trinajstić information content (AvgIpc) is 4.00. The summed E-state index contributed by atoms with van der Waals surface area (Å²) in [5.74, 6) is 0. The number of rotatable bonds is 4. The highest BCUT2D eigenvalue weighted by molar-refractivity contribution is 7.24. The number of hydrogen-bond donors (Lipinski definition) is 0. The second kappa shape index (κ2) is 12.5. The van der Waals surface area contributed by atoms with Crippen molar-refractivity contribution in [2.75, 3.05) is 0 Å². The van der Waals surface area contributed by atoms with Crippen LogP contribution < -0.4 is 0 Å². The summed E-state index contributed by atoms with van der Waals surface area (Å²) in [5, 5.41) is 13.0. The highest BCUT2D eigenvalue weighted by atomic mass is 32.1. The van der Waals surface area contributed by atoms with Crippen molar-refractivity contribution in [3.8, 4) is 43.8 Å². The minimum Gasteiger partial charge on any atom is -0.456 e. The molecule has 0 aliphatic heterocycles. The van der Waals surface area contributed by atoms with E-state index >= 15 is 0 Å². The molecule has 3 heteroatoms. The lowest BCUT2D eigenvalue weighted by molar-refractivity contribution is 0.669. The molecular weight excluding hydrogens is 737 g/mol. The van der Waals surface area contributed by atoms with Crippen LogP contribution in [0.3, 0.4) is 0 Å². The Bertz CT molecular complexity index is 3770. The molecule has 0 aliphatic rings. The Hall–Kier alpha value is -7.46. The Morgan fingerprint density at radius 2 is 0.915 bits per heavy atom. The van der Waals surface area contributed by atoms with E-state index in [1.165, 1.54) is 75.1 Å². The van der Waals surface area contributed by atoms with Crippen LogP contribution >= 0.6 is 11.3 Å². The zero-order valence-corrected chi connectivity index (χ0v) is 32.5. The van der Waals surface area contributed by atoms with Gasteiger partial charge in [0, 0.05) is 53.2 Å². The van der Waals surface area contributed by atoms with E-state index < -0.39 is 0 Å². The summed E-state index contributed by atoms with van der Waals surface area (Å²) in [7, 11) is 0. The Kier molecular flexibility index (Phi) is 6.92. The quantitative estimate of drug-likeness (QED) is 0.167. The molecule has 0 atom stereocenters. The van der Waals surface area contributed by atoms with Crippen molar-refractivity contribution in [1.29, 1.82) is 0 Å². The first kappa shape index (κ1) is 32.6. The van der Waals surface area contributed by atoms with Gasteiger partial charge in [0.2, 0.25) is 0 Å². The van der Waals surface area contributed by atoms with Gasteiger partial charge in [-0.1, -0.05) is 164 Å². The highest BCUT2D eigenvalue weighted by Gasteiger charge is 2.23. The number of furan rings is 2. The van der Waals surface area contributed by atoms with Crippen LogP contribution in [0, 0.1) is 0 Å². The molecule has 13 aromatic rings. The molecule has 3 aromatic heterocycles. The molecule has 0 fully saturated rings. The summed E-state index contributed by atoms with van der Waals surface area (Å²) in [6.07, 6.45) is 0. The van der Waals surface area contributed by atoms with E-state index in [0.717, 1.165) is 55.0 Å². The van der Waals surface area contributed by atoms with Crippen LogP contribution in [0.4, 0.5) is 0 Å². The maximum atomic E-state index is 6.83. The molecule has 3 heterocycles. The number of hydrogen-bond acceptors (Lipinski definition) is 3. The Morgan fingerprint density at radius 3 is 1.66 bits per heavy atom. The van der Waals surface area contributed by atoms with Gasteiger partial charge in [-0.2, -0.15) is 0 Å². The molecule has 0 aliphatic carbocycles. The zero-order valence-electron chi connectivity index (χ0n) is 31.7. The molecule has 0 saturated heterocycles. The molecule has 0 spiro atoms. The molecule has 0 unspecified atom stereocenters. The number of thiophene rings is 1. The van der Waals surface area contributed by atoms with Gasteiger partial charge in [0.25, 0.3) is 0 Å². The van der Waals surface area contributed by atoms with E-state index in [4.69, 9.17) is 8.83 Å². The summed E-state index contributed by atoms with van der Waals surface area (Å²) >= 11 is 1.86. The molecule has 2 nitrogen and oxygen atoms in total. The maximum absolute atomic E-state index is 6.83. The normalized spacial score (nSPS) is 12.1. The summed E-state index contributed by atoms with van der Waals surface area (Å²) in [4.78, 5) is 1.27. The zero-order chi connectivity index (χ0) is 38.6. The smallest absolute Gasteiger partial charge is 0.143 e. The van der Waals surface area contributed by atoms with Gasteiger partial charge in [0.05, 0.1) is 0 Å². The fraction of sp³-hybridized carbons (Fsp3) is 0. The highest BCUT2D eigenvalue weighted by Crippen LogP contribution is 2.51. The van der Waals surface area contributed by atoms with Crippen molar-refractivity contribution in [3.63, 3.8) is 0 Å². The number of para-hydroxylation sites is 1. The minimum absolute atomic E-state index is 0.890. The Labute approximate surface area is 342 Å². The third kappa shape index (κ3) is 4.74. The summed E-state index contributed by atoms with van der Waals surface area (Å²) < 4.78 is 14.7. The number of benzene rings is 10. The van der Waals surface area contributed by atoms with Crippen molar-refractivity contribution < 1.29 is 8.83 Å². The average molecular weight is 769 g/mol. The molecule has 59 heavy (non-hydrogen) atoms. The Morgan fingerprint density at radius 1 is 0.322 bits per heavy atom. The molecule has 0 bridgehead atoms. The molecule has 0 radical (unpaired) electrons. The SMILES string of the molecule is c1ccc(-c2sc3c(ccc4oc5ccc(-c6c7ccccc7c(-c7cccc8c7oc7ccc9ccccc9c78)c7ccccc67)cc5c43)c2-c2ccccc2)cc1. The fourth-order valence-electron chi connectivity index (χ4n) is 9.75. The van der Waals surface area contributed by atoms with Crippen molar-refractivity contribution >= 4 is 97.6 Å². The van der Waals surface area contributed by atoms with E-state index in [1.807, 2.05) is 11.3 Å². The largest absolute Gasteiger partial charge is 0.456 e. The van der Waals surface area contributed by atoms with Crippen molar-refractivity contribution in [1.82, 2.24) is 0 Å². The molecular formula is C56H32O2S. The fourth-order valence-corrected chi connectivity index (χ4v) is 11.1. The standard InChI is InChI=1S/C56H32O2S/c1-3-15-34(16-4-1)50-44-28-31-48-53(56(44)59-55(50)35-17-5-2-6-18-35)45-32-36(27-29-46(45)57-48)49-38-20-9-11-22-40(38)51(41-23-12-10-21-39(41)49)42-24-13-25-43-52-37-19-8-7-14-33(37)26-30-47(52)58-54(42)43/h1-32H. The topological polar surface area (TPSA) is 26.3 Å². The van der Waals surface area contributed by atoms with Crippen molar-refractivity contribution in [2.45, 2.75) is 0 Å². The molecule has 0 amide bonds. The Balaban J connectivity index is 1.08. The van der Waals surface area contributed by atoms with Gasteiger partial charge in [0.15, 0.2) is 0 Å². The van der Waals surface area contributed by atoms with Gasteiger partial charge in [-0.05, 0) is 84.9 Å². The van der Waals surface area contributed by atoms with Gasteiger partial charge < -0.3 is 8.83 Å². The first-order valence-electron chi connectivity index (χ1n) is 20.1. The van der Waals surface area contributed by atoms with Crippen LogP contribution in [-0.2, 0) is 0 Å². The second-order valence-electron chi connectivity index (χ2n) is 15.5. The third-order valence-electron chi connectivity index (χ3n) is 12.3. The van der Waals surface area contributed by atoms with E-state index in [2.05, 4.69) is 194 Å². The van der Waals surface area contributed by atoms with Crippen LogP contribution in [0.2, 0.25) is 0 Å². The predicted octanol–water partition coefficient (Wildman–Crippen LogP) is 16.8. The van der Waals surface area contributed by atoms with Gasteiger partial charge in [-0.3, -0.25) is 0 Å². The lowest BCUT2D eigenvalue weighted by atomic mass is 9.85. The first-order valence-corrected chi connectivity index (χ1v) is 20.9. The van der Waals surface area contributed by atoms with Crippen molar-refractivity contribution in [3.05, 3.63) is 194 Å².